The molecule has 0 aromatic heterocycles. The zero-order valence-electron chi connectivity index (χ0n) is 12.8. The molecular weight excluding hydrogens is 296 g/mol. The van der Waals surface area contributed by atoms with Crippen LogP contribution in [0.3, 0.4) is 0 Å². The molecule has 1 aliphatic rings. The number of carboxylic acid groups (broad SMARTS) is 1. The van der Waals surface area contributed by atoms with E-state index in [2.05, 4.69) is 0 Å². The number of aliphatic carboxylic acids is 1. The second-order valence-corrected chi connectivity index (χ2v) is 5.30. The molecule has 23 heavy (non-hydrogen) atoms. The van der Waals surface area contributed by atoms with Gasteiger partial charge in [-0.1, -0.05) is 42.5 Å². The number of allylic oxidation sites excluding steroid dienone is 1. The van der Waals surface area contributed by atoms with E-state index < -0.39 is 18.0 Å². The predicted octanol–water partition coefficient (Wildman–Crippen LogP) is 2.77. The molecule has 0 fully saturated rings. The van der Waals surface area contributed by atoms with Gasteiger partial charge in [-0.05, 0) is 17.6 Å². The van der Waals surface area contributed by atoms with E-state index in [1.807, 2.05) is 36.4 Å². The zero-order valence-corrected chi connectivity index (χ0v) is 12.8. The van der Waals surface area contributed by atoms with Crippen LogP contribution in [0.4, 0.5) is 0 Å². The molecule has 120 valence electrons. The topological polar surface area (TPSA) is 80.7 Å². The summed E-state index contributed by atoms with van der Waals surface area (Å²) in [7, 11) is 0. The summed E-state index contributed by atoms with van der Waals surface area (Å²) >= 11 is 0. The van der Waals surface area contributed by atoms with Crippen molar-refractivity contribution in [3.05, 3.63) is 53.1 Å². The van der Waals surface area contributed by atoms with Gasteiger partial charge in [-0.15, -0.1) is 0 Å². The molecule has 2 rings (SSSR count). The van der Waals surface area contributed by atoms with Crippen LogP contribution in [0, 0.1) is 0 Å². The minimum atomic E-state index is -0.965. The third kappa shape index (κ3) is 4.64. The Kier molecular flexibility index (Phi) is 5.46. The van der Waals surface area contributed by atoms with Crippen molar-refractivity contribution in [3.8, 4) is 0 Å². The molecule has 0 bridgehead atoms. The summed E-state index contributed by atoms with van der Waals surface area (Å²) in [4.78, 5) is 34.1. The van der Waals surface area contributed by atoms with Crippen LogP contribution < -0.4 is 0 Å². The van der Waals surface area contributed by atoms with Crippen molar-refractivity contribution in [2.75, 3.05) is 0 Å². The summed E-state index contributed by atoms with van der Waals surface area (Å²) in [5.74, 6) is -1.59. The standard InChI is InChI=1S/C18H18O5/c1-12(19)23-17-11-16(20)14(9-10-18(21)22)15(17)8-7-13-5-3-2-4-6-13/h2-8,17H,9-11H2,1H3,(H,21,22). The molecule has 0 radical (unpaired) electrons. The SMILES string of the molecule is CC(=O)OC1CC(=O)C(CCC(=O)O)=C1C=Cc1ccccc1. The van der Waals surface area contributed by atoms with Gasteiger partial charge < -0.3 is 9.84 Å². The molecule has 0 heterocycles. The van der Waals surface area contributed by atoms with Gasteiger partial charge >= 0.3 is 11.9 Å². The van der Waals surface area contributed by atoms with Gasteiger partial charge in [-0.2, -0.15) is 0 Å². The van der Waals surface area contributed by atoms with Gasteiger partial charge in [0.2, 0.25) is 0 Å². The second-order valence-electron chi connectivity index (χ2n) is 5.30. The number of carbonyl (C=O) groups is 3. The fraction of sp³-hybridized carbons (Fsp3) is 0.278. The van der Waals surface area contributed by atoms with Gasteiger partial charge in [0.1, 0.15) is 6.10 Å². The molecule has 1 unspecified atom stereocenters. The summed E-state index contributed by atoms with van der Waals surface area (Å²) in [6.45, 7) is 1.29. The van der Waals surface area contributed by atoms with Crippen molar-refractivity contribution < 1.29 is 24.2 Å². The lowest BCUT2D eigenvalue weighted by atomic mass is 10.0. The normalized spacial score (nSPS) is 17.8. The predicted molar refractivity (Wildman–Crippen MR) is 84.5 cm³/mol. The molecule has 0 saturated heterocycles. The van der Waals surface area contributed by atoms with Crippen molar-refractivity contribution in [2.24, 2.45) is 0 Å². The number of ether oxygens (including phenoxy) is 1. The molecule has 1 N–H and O–H groups in total. The molecule has 5 heteroatoms. The third-order valence-corrected chi connectivity index (χ3v) is 3.55. The van der Waals surface area contributed by atoms with Gasteiger partial charge in [0.25, 0.3) is 0 Å². The van der Waals surface area contributed by atoms with Crippen LogP contribution in [0.1, 0.15) is 31.7 Å². The molecular formula is C18H18O5. The minimum absolute atomic E-state index is 0.0724. The number of carboxylic acids is 1. The lowest BCUT2D eigenvalue weighted by molar-refractivity contribution is -0.144. The van der Waals surface area contributed by atoms with E-state index in [0.717, 1.165) is 5.56 Å². The highest BCUT2D eigenvalue weighted by Crippen LogP contribution is 2.31. The first-order valence-electron chi connectivity index (χ1n) is 7.35. The van der Waals surface area contributed by atoms with Crippen molar-refractivity contribution >= 4 is 23.8 Å². The molecule has 1 atom stereocenters. The number of Topliss-reactive ketones (excluding diaryl/α,β-unsaturated/α-hetero) is 1. The lowest BCUT2D eigenvalue weighted by Crippen LogP contribution is -2.15. The summed E-state index contributed by atoms with van der Waals surface area (Å²) in [5, 5.41) is 8.83. The second kappa shape index (κ2) is 7.54. The van der Waals surface area contributed by atoms with E-state index >= 15 is 0 Å². The molecule has 5 nitrogen and oxygen atoms in total. The quantitative estimate of drug-likeness (QED) is 0.817. The maximum atomic E-state index is 12.1. The van der Waals surface area contributed by atoms with Crippen LogP contribution in [-0.4, -0.2) is 28.9 Å². The Balaban J connectivity index is 2.30. The number of hydrogen-bond donors (Lipinski definition) is 1. The van der Waals surface area contributed by atoms with Crippen molar-refractivity contribution in [1.82, 2.24) is 0 Å². The van der Waals surface area contributed by atoms with Gasteiger partial charge in [0.15, 0.2) is 5.78 Å². The first kappa shape index (κ1) is 16.7. The Bertz CT molecular complexity index is 670. The first-order valence-corrected chi connectivity index (χ1v) is 7.35. The average Bonchev–Trinajstić information content (AvgIpc) is 2.78. The number of ketones is 1. The van der Waals surface area contributed by atoms with Crippen molar-refractivity contribution in [1.29, 1.82) is 0 Å². The minimum Gasteiger partial charge on any atom is -0.481 e. The van der Waals surface area contributed by atoms with E-state index in [-0.39, 0.29) is 25.0 Å². The van der Waals surface area contributed by atoms with Gasteiger partial charge in [-0.3, -0.25) is 14.4 Å². The maximum absolute atomic E-state index is 12.1. The summed E-state index contributed by atoms with van der Waals surface area (Å²) in [6, 6.07) is 9.50. The monoisotopic (exact) mass is 314 g/mol. The molecule has 0 spiro atoms. The Hall–Kier alpha value is -2.69. The third-order valence-electron chi connectivity index (χ3n) is 3.55. The Morgan fingerprint density at radius 3 is 2.57 bits per heavy atom. The highest BCUT2D eigenvalue weighted by molar-refractivity contribution is 6.01. The largest absolute Gasteiger partial charge is 0.481 e. The number of carbonyl (C=O) groups excluding carboxylic acids is 2. The van der Waals surface area contributed by atoms with Gasteiger partial charge in [0.05, 0.1) is 6.42 Å². The number of esters is 1. The number of rotatable bonds is 6. The van der Waals surface area contributed by atoms with E-state index in [0.29, 0.717) is 11.1 Å². The van der Waals surface area contributed by atoms with Crippen LogP contribution >= 0.6 is 0 Å². The zero-order chi connectivity index (χ0) is 16.8. The fourth-order valence-electron chi connectivity index (χ4n) is 2.54. The fourth-order valence-corrected chi connectivity index (χ4v) is 2.54. The lowest BCUT2D eigenvalue weighted by Gasteiger charge is -2.12. The van der Waals surface area contributed by atoms with Crippen molar-refractivity contribution in [2.45, 2.75) is 32.3 Å². The highest BCUT2D eigenvalue weighted by atomic mass is 16.5. The van der Waals surface area contributed by atoms with Gasteiger partial charge in [-0.25, -0.2) is 0 Å². The van der Waals surface area contributed by atoms with Crippen LogP contribution in [0.5, 0.6) is 0 Å². The first-order chi connectivity index (χ1) is 11.0. The maximum Gasteiger partial charge on any atom is 0.303 e. The van der Waals surface area contributed by atoms with Gasteiger partial charge in [0, 0.05) is 18.9 Å². The van der Waals surface area contributed by atoms with Crippen LogP contribution in [-0.2, 0) is 19.1 Å². The molecule has 0 aliphatic heterocycles. The summed E-state index contributed by atoms with van der Waals surface area (Å²) in [6.07, 6.45) is 3.01. The Morgan fingerprint density at radius 2 is 1.96 bits per heavy atom. The van der Waals surface area contributed by atoms with Crippen LogP contribution in [0.25, 0.3) is 6.08 Å². The Labute approximate surface area is 134 Å². The van der Waals surface area contributed by atoms with E-state index in [9.17, 15) is 14.4 Å². The number of benzene rings is 1. The summed E-state index contributed by atoms with van der Waals surface area (Å²) in [5.41, 5.74) is 1.97. The molecule has 0 saturated carbocycles. The van der Waals surface area contributed by atoms with Crippen LogP contribution in [0.2, 0.25) is 0 Å². The highest BCUT2D eigenvalue weighted by Gasteiger charge is 2.32. The molecule has 1 aromatic carbocycles. The van der Waals surface area contributed by atoms with E-state index in [1.165, 1.54) is 6.92 Å². The molecule has 0 amide bonds. The Morgan fingerprint density at radius 1 is 1.26 bits per heavy atom. The smallest absolute Gasteiger partial charge is 0.303 e. The molecule has 1 aliphatic carbocycles. The van der Waals surface area contributed by atoms with E-state index in [1.54, 1.807) is 6.08 Å². The molecule has 1 aromatic rings. The van der Waals surface area contributed by atoms with Crippen LogP contribution in [0.15, 0.2) is 47.6 Å². The van der Waals surface area contributed by atoms with E-state index in [4.69, 9.17) is 9.84 Å². The summed E-state index contributed by atoms with van der Waals surface area (Å²) < 4.78 is 5.20. The van der Waals surface area contributed by atoms with Crippen molar-refractivity contribution in [3.63, 3.8) is 0 Å². The average molecular weight is 314 g/mol. The number of hydrogen-bond acceptors (Lipinski definition) is 4.